The third-order valence-corrected chi connectivity index (χ3v) is 3.93. The first-order valence-electron chi connectivity index (χ1n) is 8.48. The molecule has 2 heterocycles. The second-order valence-electron chi connectivity index (χ2n) is 6.61. The molecule has 6 heteroatoms. The minimum absolute atomic E-state index is 0.165. The van der Waals surface area contributed by atoms with Crippen molar-refractivity contribution in [2.24, 2.45) is 0 Å². The summed E-state index contributed by atoms with van der Waals surface area (Å²) in [5, 5.41) is 7.43. The van der Waals surface area contributed by atoms with E-state index < -0.39 is 0 Å². The Morgan fingerprint density at radius 3 is 2.65 bits per heavy atom. The Labute approximate surface area is 153 Å². The lowest BCUT2D eigenvalue weighted by molar-refractivity contribution is 0.102. The highest BCUT2D eigenvalue weighted by Gasteiger charge is 2.14. The molecule has 0 aliphatic carbocycles. The molecule has 0 radical (unpaired) electrons. The van der Waals surface area contributed by atoms with Crippen LogP contribution in [0.25, 0.3) is 5.82 Å². The molecular formula is C20H23N5O. The highest BCUT2D eigenvalue weighted by molar-refractivity contribution is 6.05. The molecule has 3 aromatic rings. The van der Waals surface area contributed by atoms with E-state index in [0.29, 0.717) is 17.1 Å². The molecule has 0 spiro atoms. The molecule has 0 bridgehead atoms. The van der Waals surface area contributed by atoms with Crippen LogP contribution < -0.4 is 5.32 Å². The number of carbonyl (C=O) groups excluding carboxylic acids is 1. The number of hydrogen-bond acceptors (Lipinski definition) is 4. The van der Waals surface area contributed by atoms with Gasteiger partial charge in [0.1, 0.15) is 0 Å². The molecule has 0 aliphatic heterocycles. The fourth-order valence-electron chi connectivity index (χ4n) is 2.88. The molecule has 1 N–H and O–H groups in total. The second-order valence-corrected chi connectivity index (χ2v) is 6.61. The third kappa shape index (κ3) is 3.97. The van der Waals surface area contributed by atoms with Crippen LogP contribution in [0.3, 0.4) is 0 Å². The summed E-state index contributed by atoms with van der Waals surface area (Å²) in [5.74, 6) is 0.442. The standard InChI is InChI=1S/C20H23N5O/c1-14-11-15(2)25(23-14)19-18(9-6-10-21-19)22-20(26)17-8-5-7-16(12-17)13-24(3)4/h5-12H,13H2,1-4H3,(H,22,26). The predicted molar refractivity (Wildman–Crippen MR) is 103 cm³/mol. The predicted octanol–water partition coefficient (Wildman–Crippen LogP) is 3.20. The number of pyridine rings is 1. The molecule has 26 heavy (non-hydrogen) atoms. The van der Waals surface area contributed by atoms with Gasteiger partial charge in [0.25, 0.3) is 5.91 Å². The highest BCUT2D eigenvalue weighted by atomic mass is 16.1. The average molecular weight is 349 g/mol. The van der Waals surface area contributed by atoms with Gasteiger partial charge in [-0.05, 0) is 63.8 Å². The molecule has 134 valence electrons. The van der Waals surface area contributed by atoms with Crippen LogP contribution in [0, 0.1) is 13.8 Å². The number of amides is 1. The van der Waals surface area contributed by atoms with Crippen LogP contribution >= 0.6 is 0 Å². The van der Waals surface area contributed by atoms with Gasteiger partial charge in [-0.25, -0.2) is 9.67 Å². The molecule has 1 amide bonds. The maximum Gasteiger partial charge on any atom is 0.255 e. The quantitative estimate of drug-likeness (QED) is 0.768. The summed E-state index contributed by atoms with van der Waals surface area (Å²) in [6.45, 7) is 4.68. The number of nitrogens with one attached hydrogen (secondary N) is 1. The molecule has 0 aliphatic rings. The summed E-state index contributed by atoms with van der Waals surface area (Å²) in [4.78, 5) is 19.2. The SMILES string of the molecule is Cc1cc(C)n(-c2ncccc2NC(=O)c2cccc(CN(C)C)c2)n1. The van der Waals surface area contributed by atoms with E-state index in [2.05, 4.69) is 20.3 Å². The van der Waals surface area contributed by atoms with Gasteiger partial charge < -0.3 is 10.2 Å². The largest absolute Gasteiger partial charge is 0.319 e. The van der Waals surface area contributed by atoms with Crippen LogP contribution in [0.2, 0.25) is 0 Å². The molecule has 0 fully saturated rings. The molecule has 1 aromatic carbocycles. The highest BCUT2D eigenvalue weighted by Crippen LogP contribution is 2.20. The number of anilines is 1. The number of carbonyl (C=O) groups is 1. The number of benzene rings is 1. The van der Waals surface area contributed by atoms with Crippen molar-refractivity contribution in [2.45, 2.75) is 20.4 Å². The summed E-state index contributed by atoms with van der Waals surface area (Å²) < 4.78 is 1.74. The molecule has 6 nitrogen and oxygen atoms in total. The van der Waals surface area contributed by atoms with Crippen molar-refractivity contribution >= 4 is 11.6 Å². The van der Waals surface area contributed by atoms with E-state index >= 15 is 0 Å². The van der Waals surface area contributed by atoms with Gasteiger partial charge in [-0.3, -0.25) is 4.79 Å². The summed E-state index contributed by atoms with van der Waals surface area (Å²) in [6, 6.07) is 13.3. The number of aryl methyl sites for hydroxylation is 2. The van der Waals surface area contributed by atoms with E-state index in [0.717, 1.165) is 23.5 Å². The van der Waals surface area contributed by atoms with Gasteiger partial charge in [0.05, 0.1) is 11.4 Å². The van der Waals surface area contributed by atoms with Crippen molar-refractivity contribution in [3.8, 4) is 5.82 Å². The smallest absolute Gasteiger partial charge is 0.255 e. The van der Waals surface area contributed by atoms with Gasteiger partial charge in [-0.2, -0.15) is 5.10 Å². The van der Waals surface area contributed by atoms with Gasteiger partial charge >= 0.3 is 0 Å². The van der Waals surface area contributed by atoms with Gasteiger partial charge in [0, 0.05) is 24.0 Å². The first kappa shape index (κ1) is 17.8. The van der Waals surface area contributed by atoms with E-state index in [1.54, 1.807) is 16.9 Å². The normalized spacial score (nSPS) is 11.0. The Morgan fingerprint density at radius 2 is 1.96 bits per heavy atom. The number of rotatable bonds is 5. The van der Waals surface area contributed by atoms with E-state index in [1.165, 1.54) is 0 Å². The maximum absolute atomic E-state index is 12.7. The van der Waals surface area contributed by atoms with Crippen molar-refractivity contribution in [3.05, 3.63) is 71.2 Å². The van der Waals surface area contributed by atoms with Crippen molar-refractivity contribution < 1.29 is 4.79 Å². The van der Waals surface area contributed by atoms with Crippen molar-refractivity contribution in [1.29, 1.82) is 0 Å². The Morgan fingerprint density at radius 1 is 1.15 bits per heavy atom. The Bertz CT molecular complexity index is 929. The van der Waals surface area contributed by atoms with Crippen molar-refractivity contribution in [1.82, 2.24) is 19.7 Å². The average Bonchev–Trinajstić information content (AvgIpc) is 2.93. The van der Waals surface area contributed by atoms with Crippen LogP contribution in [0.4, 0.5) is 5.69 Å². The summed E-state index contributed by atoms with van der Waals surface area (Å²) in [7, 11) is 4.01. The molecule has 0 atom stereocenters. The van der Waals surface area contributed by atoms with E-state index in [-0.39, 0.29) is 5.91 Å². The maximum atomic E-state index is 12.7. The number of nitrogens with zero attached hydrogens (tertiary/aromatic N) is 4. The van der Waals surface area contributed by atoms with Crippen molar-refractivity contribution in [3.63, 3.8) is 0 Å². The van der Waals surface area contributed by atoms with E-state index in [4.69, 9.17) is 0 Å². The lowest BCUT2D eigenvalue weighted by atomic mass is 10.1. The van der Waals surface area contributed by atoms with Crippen molar-refractivity contribution in [2.75, 3.05) is 19.4 Å². The topological polar surface area (TPSA) is 63.1 Å². The van der Waals surface area contributed by atoms with E-state index in [1.807, 2.05) is 64.3 Å². The van der Waals surface area contributed by atoms with E-state index in [9.17, 15) is 4.79 Å². The zero-order valence-electron chi connectivity index (χ0n) is 15.5. The van der Waals surface area contributed by atoms with Crippen LogP contribution in [-0.4, -0.2) is 39.7 Å². The van der Waals surface area contributed by atoms with Gasteiger partial charge in [0.15, 0.2) is 5.82 Å². The monoisotopic (exact) mass is 349 g/mol. The van der Waals surface area contributed by atoms with Crippen LogP contribution in [0.15, 0.2) is 48.7 Å². The lowest BCUT2D eigenvalue weighted by Crippen LogP contribution is -2.16. The first-order valence-corrected chi connectivity index (χ1v) is 8.48. The fraction of sp³-hybridized carbons (Fsp3) is 0.250. The molecule has 0 saturated heterocycles. The summed E-state index contributed by atoms with van der Waals surface area (Å²) in [5.41, 5.74) is 4.20. The summed E-state index contributed by atoms with van der Waals surface area (Å²) >= 11 is 0. The Balaban J connectivity index is 1.88. The zero-order chi connectivity index (χ0) is 18.7. The van der Waals surface area contributed by atoms with Crippen LogP contribution in [-0.2, 0) is 6.54 Å². The van der Waals surface area contributed by atoms with Crippen LogP contribution in [0.1, 0.15) is 27.3 Å². The zero-order valence-corrected chi connectivity index (χ0v) is 15.5. The number of aromatic nitrogens is 3. The summed E-state index contributed by atoms with van der Waals surface area (Å²) in [6.07, 6.45) is 1.69. The Kier molecular flexibility index (Phi) is 5.14. The minimum Gasteiger partial charge on any atom is -0.319 e. The van der Waals surface area contributed by atoms with Gasteiger partial charge in [-0.15, -0.1) is 0 Å². The molecular weight excluding hydrogens is 326 g/mol. The lowest BCUT2D eigenvalue weighted by Gasteiger charge is -2.13. The molecule has 0 unspecified atom stereocenters. The van der Waals surface area contributed by atoms with Crippen LogP contribution in [0.5, 0.6) is 0 Å². The molecule has 3 rings (SSSR count). The second kappa shape index (κ2) is 7.49. The molecule has 0 saturated carbocycles. The fourth-order valence-corrected chi connectivity index (χ4v) is 2.88. The minimum atomic E-state index is -0.165. The van der Waals surface area contributed by atoms with Gasteiger partial charge in [0.2, 0.25) is 0 Å². The first-order chi connectivity index (χ1) is 12.4. The Hall–Kier alpha value is -2.99. The molecule has 2 aromatic heterocycles. The number of hydrogen-bond donors (Lipinski definition) is 1. The third-order valence-electron chi connectivity index (χ3n) is 3.93. The van der Waals surface area contributed by atoms with Gasteiger partial charge in [-0.1, -0.05) is 12.1 Å².